The number of benzene rings is 1. The van der Waals surface area contributed by atoms with Gasteiger partial charge in [-0.15, -0.1) is 0 Å². The zero-order valence-corrected chi connectivity index (χ0v) is 10.1. The van der Waals surface area contributed by atoms with Crippen molar-refractivity contribution < 1.29 is 14.3 Å². The minimum absolute atomic E-state index is 0.0339. The molecular formula is C13H13NO4. The number of pyridine rings is 1. The predicted octanol–water partition coefficient (Wildman–Crippen LogP) is 1.25. The molecule has 0 amide bonds. The van der Waals surface area contributed by atoms with Crippen molar-refractivity contribution in [2.24, 2.45) is 0 Å². The van der Waals surface area contributed by atoms with Crippen molar-refractivity contribution in [1.82, 2.24) is 4.98 Å². The Morgan fingerprint density at radius 3 is 2.72 bits per heavy atom. The first-order valence-corrected chi connectivity index (χ1v) is 5.41. The number of rotatable bonds is 3. The third-order valence-corrected chi connectivity index (χ3v) is 2.69. The van der Waals surface area contributed by atoms with E-state index in [-0.39, 0.29) is 12.0 Å². The largest absolute Gasteiger partial charge is 0.497 e. The Bertz CT molecular complexity index is 645. The number of fused-ring (bicyclic) bond motifs is 1. The number of aromatic nitrogens is 1. The molecule has 1 aromatic carbocycles. The fraction of sp³-hybridized carbons (Fsp3) is 0.231. The molecule has 0 bridgehead atoms. The van der Waals surface area contributed by atoms with Gasteiger partial charge in [-0.25, -0.2) is 0 Å². The van der Waals surface area contributed by atoms with Gasteiger partial charge in [-0.3, -0.25) is 9.59 Å². The average Bonchev–Trinajstić information content (AvgIpc) is 2.38. The van der Waals surface area contributed by atoms with E-state index in [1.54, 1.807) is 25.3 Å². The molecule has 2 aromatic rings. The van der Waals surface area contributed by atoms with Crippen molar-refractivity contribution >= 4 is 16.9 Å². The van der Waals surface area contributed by atoms with Gasteiger partial charge in [0.25, 0.3) is 5.56 Å². The van der Waals surface area contributed by atoms with Crippen LogP contribution in [0.4, 0.5) is 0 Å². The highest BCUT2D eigenvalue weighted by molar-refractivity contribution is 5.82. The molecule has 5 heteroatoms. The number of ether oxygens (including phenoxy) is 2. The molecule has 94 valence electrons. The normalized spacial score (nSPS) is 10.3. The van der Waals surface area contributed by atoms with Gasteiger partial charge in [0.1, 0.15) is 5.75 Å². The molecule has 0 fully saturated rings. The average molecular weight is 247 g/mol. The van der Waals surface area contributed by atoms with Crippen molar-refractivity contribution in [1.29, 1.82) is 0 Å². The van der Waals surface area contributed by atoms with Crippen LogP contribution in [0.25, 0.3) is 10.9 Å². The van der Waals surface area contributed by atoms with Crippen molar-refractivity contribution in [2.45, 2.75) is 6.42 Å². The molecule has 0 aliphatic rings. The van der Waals surface area contributed by atoms with Crippen LogP contribution in [0.2, 0.25) is 0 Å². The first-order valence-electron chi connectivity index (χ1n) is 5.41. The van der Waals surface area contributed by atoms with Gasteiger partial charge in [-0.1, -0.05) is 0 Å². The van der Waals surface area contributed by atoms with Crippen LogP contribution in [-0.4, -0.2) is 25.2 Å². The quantitative estimate of drug-likeness (QED) is 0.829. The van der Waals surface area contributed by atoms with E-state index >= 15 is 0 Å². The van der Waals surface area contributed by atoms with Gasteiger partial charge in [0.2, 0.25) is 0 Å². The lowest BCUT2D eigenvalue weighted by Gasteiger charge is -2.04. The zero-order valence-electron chi connectivity index (χ0n) is 10.1. The van der Waals surface area contributed by atoms with Crippen molar-refractivity contribution in [3.8, 4) is 5.75 Å². The summed E-state index contributed by atoms with van der Waals surface area (Å²) in [4.78, 5) is 25.7. The molecule has 18 heavy (non-hydrogen) atoms. The van der Waals surface area contributed by atoms with E-state index in [0.29, 0.717) is 16.8 Å². The molecule has 0 atom stereocenters. The van der Waals surface area contributed by atoms with E-state index < -0.39 is 5.97 Å². The van der Waals surface area contributed by atoms with Crippen LogP contribution in [-0.2, 0) is 16.0 Å². The summed E-state index contributed by atoms with van der Waals surface area (Å²) in [5.74, 6) is 0.229. The minimum Gasteiger partial charge on any atom is -0.497 e. The molecule has 0 radical (unpaired) electrons. The van der Waals surface area contributed by atoms with Gasteiger partial charge in [-0.05, 0) is 23.6 Å². The lowest BCUT2D eigenvalue weighted by atomic mass is 10.1. The minimum atomic E-state index is -0.437. The summed E-state index contributed by atoms with van der Waals surface area (Å²) in [5, 5.41) is 0.842. The SMILES string of the molecule is COC(=O)Cc1cc2ccc(OC)cc2[nH]c1=O. The van der Waals surface area contributed by atoms with E-state index in [0.717, 1.165) is 5.39 Å². The number of carbonyl (C=O) groups is 1. The standard InChI is InChI=1S/C13H13NO4/c1-17-10-4-3-8-5-9(6-12(15)18-2)13(16)14-11(8)7-10/h3-5,7H,6H2,1-2H3,(H,14,16). The van der Waals surface area contributed by atoms with Crippen molar-refractivity contribution in [2.75, 3.05) is 14.2 Å². The number of esters is 1. The number of hydrogen-bond donors (Lipinski definition) is 1. The molecule has 0 spiro atoms. The second-order valence-corrected chi connectivity index (χ2v) is 3.83. The molecule has 1 heterocycles. The maximum absolute atomic E-state index is 11.8. The highest BCUT2D eigenvalue weighted by Crippen LogP contribution is 2.18. The number of H-pyrrole nitrogens is 1. The lowest BCUT2D eigenvalue weighted by molar-refractivity contribution is -0.139. The first kappa shape index (κ1) is 12.2. The van der Waals surface area contributed by atoms with E-state index in [9.17, 15) is 9.59 Å². The summed E-state index contributed by atoms with van der Waals surface area (Å²) >= 11 is 0. The second kappa shape index (κ2) is 4.91. The van der Waals surface area contributed by atoms with Crippen molar-refractivity contribution in [3.05, 3.63) is 40.2 Å². The van der Waals surface area contributed by atoms with Gasteiger partial charge in [-0.2, -0.15) is 0 Å². The Morgan fingerprint density at radius 2 is 2.06 bits per heavy atom. The second-order valence-electron chi connectivity index (χ2n) is 3.83. The summed E-state index contributed by atoms with van der Waals surface area (Å²) in [5.41, 5.74) is 0.772. The highest BCUT2D eigenvalue weighted by Gasteiger charge is 2.08. The van der Waals surface area contributed by atoms with Gasteiger partial charge < -0.3 is 14.5 Å². The number of aromatic amines is 1. The monoisotopic (exact) mass is 247 g/mol. The van der Waals surface area contributed by atoms with Gasteiger partial charge in [0.05, 0.1) is 26.2 Å². The molecule has 5 nitrogen and oxygen atoms in total. The summed E-state index contributed by atoms with van der Waals surface area (Å²) in [7, 11) is 2.85. The Hall–Kier alpha value is -2.30. The molecule has 0 aliphatic carbocycles. The highest BCUT2D eigenvalue weighted by atomic mass is 16.5. The van der Waals surface area contributed by atoms with Crippen LogP contribution in [0.3, 0.4) is 0 Å². The van der Waals surface area contributed by atoms with Crippen LogP contribution >= 0.6 is 0 Å². The Balaban J connectivity index is 2.49. The molecule has 0 aliphatic heterocycles. The van der Waals surface area contributed by atoms with Crippen LogP contribution in [0.1, 0.15) is 5.56 Å². The summed E-state index contributed by atoms with van der Waals surface area (Å²) in [6, 6.07) is 7.04. The first-order chi connectivity index (χ1) is 8.63. The Morgan fingerprint density at radius 1 is 1.28 bits per heavy atom. The fourth-order valence-electron chi connectivity index (χ4n) is 1.71. The van der Waals surface area contributed by atoms with E-state index in [4.69, 9.17) is 4.74 Å². The maximum atomic E-state index is 11.8. The molecule has 0 unspecified atom stereocenters. The van der Waals surface area contributed by atoms with E-state index in [1.807, 2.05) is 6.07 Å². The molecule has 0 saturated heterocycles. The fourth-order valence-corrected chi connectivity index (χ4v) is 1.71. The van der Waals surface area contributed by atoms with E-state index in [1.165, 1.54) is 7.11 Å². The maximum Gasteiger partial charge on any atom is 0.310 e. The number of methoxy groups -OCH3 is 2. The van der Waals surface area contributed by atoms with Gasteiger partial charge in [0.15, 0.2) is 0 Å². The molecule has 2 rings (SSSR count). The van der Waals surface area contributed by atoms with Crippen LogP contribution < -0.4 is 10.3 Å². The molecule has 1 N–H and O–H groups in total. The number of hydrogen-bond acceptors (Lipinski definition) is 4. The summed E-state index contributed by atoms with van der Waals surface area (Å²) < 4.78 is 9.62. The van der Waals surface area contributed by atoms with Crippen molar-refractivity contribution in [3.63, 3.8) is 0 Å². The smallest absolute Gasteiger partial charge is 0.310 e. The third kappa shape index (κ3) is 2.34. The Labute approximate surface area is 103 Å². The molecule has 0 saturated carbocycles. The lowest BCUT2D eigenvalue weighted by Crippen LogP contribution is -2.17. The van der Waals surface area contributed by atoms with Gasteiger partial charge >= 0.3 is 5.97 Å². The zero-order chi connectivity index (χ0) is 13.1. The Kier molecular flexibility index (Phi) is 3.32. The molecular weight excluding hydrogens is 234 g/mol. The van der Waals surface area contributed by atoms with Crippen LogP contribution in [0.15, 0.2) is 29.1 Å². The number of carbonyl (C=O) groups excluding carboxylic acids is 1. The van der Waals surface area contributed by atoms with E-state index in [2.05, 4.69) is 9.72 Å². The third-order valence-electron chi connectivity index (χ3n) is 2.69. The summed E-state index contributed by atoms with van der Waals surface area (Å²) in [6.07, 6.45) is -0.0339. The number of nitrogens with one attached hydrogen (secondary N) is 1. The van der Waals surface area contributed by atoms with Gasteiger partial charge in [0, 0.05) is 11.6 Å². The van der Waals surface area contributed by atoms with Crippen LogP contribution in [0.5, 0.6) is 5.75 Å². The predicted molar refractivity (Wildman–Crippen MR) is 66.8 cm³/mol. The molecule has 1 aromatic heterocycles. The topological polar surface area (TPSA) is 68.4 Å². The summed E-state index contributed by atoms with van der Waals surface area (Å²) in [6.45, 7) is 0. The van der Waals surface area contributed by atoms with Crippen LogP contribution in [0, 0.1) is 0 Å².